The van der Waals surface area contributed by atoms with Crippen LogP contribution in [0.3, 0.4) is 0 Å². The van der Waals surface area contributed by atoms with Crippen LogP contribution in [-0.2, 0) is 33.2 Å². The molecule has 0 saturated heterocycles. The second-order valence-corrected chi connectivity index (χ2v) is 9.00. The third-order valence-corrected chi connectivity index (χ3v) is 6.38. The van der Waals surface area contributed by atoms with Crippen molar-refractivity contribution in [2.45, 2.75) is 26.6 Å². The molecular formula is C24H28NO4P. The molecule has 30 heavy (non-hydrogen) atoms. The van der Waals surface area contributed by atoms with Gasteiger partial charge in [0.1, 0.15) is 12.4 Å². The summed E-state index contributed by atoms with van der Waals surface area (Å²) in [5.41, 5.74) is 5.26. The van der Waals surface area contributed by atoms with Crippen LogP contribution >= 0.6 is 7.57 Å². The lowest BCUT2D eigenvalue weighted by Crippen LogP contribution is -1.98. The van der Waals surface area contributed by atoms with Crippen molar-refractivity contribution in [3.8, 4) is 17.0 Å². The molecule has 0 saturated carbocycles. The molecule has 0 unspecified atom stereocenters. The summed E-state index contributed by atoms with van der Waals surface area (Å²) in [4.78, 5) is 4.56. The number of hydrogen-bond donors (Lipinski definition) is 0. The van der Waals surface area contributed by atoms with Crippen LogP contribution in [0.4, 0.5) is 0 Å². The highest BCUT2D eigenvalue weighted by Crippen LogP contribution is 2.47. The number of ether oxygens (including phenoxy) is 1. The Morgan fingerprint density at radius 1 is 0.867 bits per heavy atom. The van der Waals surface area contributed by atoms with E-state index < -0.39 is 7.57 Å². The number of nitrogens with zero attached hydrogens (tertiary/aromatic N) is 1. The van der Waals surface area contributed by atoms with Gasteiger partial charge in [-0.05, 0) is 47.6 Å². The lowest BCUT2D eigenvalue weighted by molar-refractivity contribution is 0.193. The van der Waals surface area contributed by atoms with Crippen molar-refractivity contribution in [3.05, 3.63) is 83.6 Å². The monoisotopic (exact) mass is 425 g/mol. The van der Waals surface area contributed by atoms with Crippen molar-refractivity contribution in [1.82, 2.24) is 4.98 Å². The van der Waals surface area contributed by atoms with Crippen LogP contribution in [0.5, 0.6) is 5.75 Å². The summed E-state index contributed by atoms with van der Waals surface area (Å²) in [5, 5.41) is 0. The summed E-state index contributed by atoms with van der Waals surface area (Å²) in [7, 11) is 0.552. The highest BCUT2D eigenvalue weighted by atomic mass is 31.2. The van der Waals surface area contributed by atoms with Gasteiger partial charge in [0, 0.05) is 26.0 Å². The molecule has 0 N–H and O–H groups in total. The summed E-state index contributed by atoms with van der Waals surface area (Å²) in [6, 6.07) is 20.4. The second kappa shape index (κ2) is 10.6. The first-order chi connectivity index (χ1) is 14.5. The molecule has 1 aromatic heterocycles. The summed E-state index contributed by atoms with van der Waals surface area (Å²) in [6.07, 6.45) is 6.66. The summed E-state index contributed by atoms with van der Waals surface area (Å²) in [6.45, 7) is 3.02. The minimum absolute atomic E-state index is 0.326. The van der Waals surface area contributed by atoms with E-state index in [0.717, 1.165) is 29.0 Å². The quantitative estimate of drug-likeness (QED) is 0.379. The zero-order chi connectivity index (χ0) is 21.4. The third kappa shape index (κ3) is 6.04. The Bertz CT molecular complexity index is 996. The number of pyridine rings is 1. The van der Waals surface area contributed by atoms with Gasteiger partial charge in [-0.25, -0.2) is 0 Å². The van der Waals surface area contributed by atoms with Gasteiger partial charge >= 0.3 is 0 Å². The molecule has 0 aliphatic carbocycles. The molecule has 0 radical (unpaired) electrons. The Hall–Kier alpha value is -2.43. The van der Waals surface area contributed by atoms with Gasteiger partial charge in [-0.15, -0.1) is 0 Å². The molecule has 0 aliphatic heterocycles. The number of aromatic nitrogens is 1. The van der Waals surface area contributed by atoms with Gasteiger partial charge in [0.15, 0.2) is 0 Å². The molecule has 5 nitrogen and oxygen atoms in total. The van der Waals surface area contributed by atoms with E-state index in [9.17, 15) is 0 Å². The molecule has 3 rings (SSSR count). The summed E-state index contributed by atoms with van der Waals surface area (Å²) in [5.74, 6) is 0.815. The van der Waals surface area contributed by atoms with Crippen LogP contribution < -0.4 is 4.74 Å². The minimum Gasteiger partial charge on any atom is -0.489 e. The number of hydrogen-bond acceptors (Lipinski definition) is 5. The predicted octanol–water partition coefficient (Wildman–Crippen LogP) is 5.89. The Morgan fingerprint density at radius 2 is 1.63 bits per heavy atom. The van der Waals surface area contributed by atoms with E-state index in [1.807, 2.05) is 36.4 Å². The molecule has 0 bridgehead atoms. The number of rotatable bonds is 10. The molecule has 0 spiro atoms. The molecular weight excluding hydrogens is 397 g/mol. The first-order valence-corrected chi connectivity index (χ1v) is 11.5. The molecule has 1 heterocycles. The van der Waals surface area contributed by atoms with Gasteiger partial charge in [-0.2, -0.15) is 0 Å². The van der Waals surface area contributed by atoms with Gasteiger partial charge in [-0.1, -0.05) is 49.4 Å². The lowest BCUT2D eigenvalue weighted by Gasteiger charge is -2.19. The molecule has 158 valence electrons. The maximum Gasteiger partial charge on any atom is 0.250 e. The summed E-state index contributed by atoms with van der Waals surface area (Å²) >= 11 is 0. The van der Waals surface area contributed by atoms with E-state index in [1.54, 1.807) is 6.20 Å². The molecule has 3 aromatic rings. The Morgan fingerprint density at radius 3 is 2.33 bits per heavy atom. The van der Waals surface area contributed by atoms with E-state index in [-0.39, 0.29) is 0 Å². The van der Waals surface area contributed by atoms with Gasteiger partial charge in [0.05, 0.1) is 12.3 Å². The van der Waals surface area contributed by atoms with Crippen LogP contribution in [0.25, 0.3) is 11.3 Å². The minimum atomic E-state index is -2.51. The Kier molecular flexibility index (Phi) is 7.83. The van der Waals surface area contributed by atoms with E-state index in [1.165, 1.54) is 25.3 Å². The van der Waals surface area contributed by atoms with Crippen LogP contribution in [0.15, 0.2) is 66.9 Å². The first kappa shape index (κ1) is 22.3. The van der Waals surface area contributed by atoms with Crippen molar-refractivity contribution in [1.29, 1.82) is 0 Å². The molecule has 2 aromatic carbocycles. The van der Waals surface area contributed by atoms with Crippen LogP contribution in [0, 0.1) is 0 Å². The third-order valence-electron chi connectivity index (χ3n) is 4.74. The van der Waals surface area contributed by atoms with E-state index in [2.05, 4.69) is 42.5 Å². The standard InChI is InChI=1S/C24H28NO4P/c1-5-19-8-6-9-20(14-19)17-28-23-11-7-10-22(15-23)24-13-12-21(16-25-24)18-29-30(4,26-2)27-3/h6-16H,4-5,17-18H2,1-3H3. The molecule has 0 amide bonds. The average Bonchev–Trinajstić information content (AvgIpc) is 2.82. The lowest BCUT2D eigenvalue weighted by atomic mass is 10.1. The van der Waals surface area contributed by atoms with Gasteiger partial charge in [-0.3, -0.25) is 4.98 Å². The predicted molar refractivity (Wildman–Crippen MR) is 123 cm³/mol. The fourth-order valence-electron chi connectivity index (χ4n) is 2.88. The Balaban J connectivity index is 1.64. The van der Waals surface area contributed by atoms with E-state index in [4.69, 9.17) is 18.3 Å². The zero-order valence-electron chi connectivity index (χ0n) is 17.7. The Labute approximate surface area is 178 Å². The maximum atomic E-state index is 6.00. The molecule has 6 heteroatoms. The highest BCUT2D eigenvalue weighted by Gasteiger charge is 2.13. The van der Waals surface area contributed by atoms with Crippen molar-refractivity contribution in [2.75, 3.05) is 14.2 Å². The molecule has 0 atom stereocenters. The van der Waals surface area contributed by atoms with Crippen LogP contribution in [-0.4, -0.2) is 25.5 Å². The topological polar surface area (TPSA) is 49.8 Å². The fraction of sp³-hybridized carbons (Fsp3) is 0.250. The van der Waals surface area contributed by atoms with Crippen LogP contribution in [0.1, 0.15) is 23.6 Å². The van der Waals surface area contributed by atoms with Crippen molar-refractivity contribution < 1.29 is 18.3 Å². The van der Waals surface area contributed by atoms with Crippen LogP contribution in [0.2, 0.25) is 0 Å². The van der Waals surface area contributed by atoms with Gasteiger partial charge in [0.25, 0.3) is 0 Å². The highest BCUT2D eigenvalue weighted by molar-refractivity contribution is 7.59. The van der Waals surface area contributed by atoms with Crippen molar-refractivity contribution >= 4 is 13.9 Å². The second-order valence-electron chi connectivity index (χ2n) is 6.79. The van der Waals surface area contributed by atoms with E-state index >= 15 is 0 Å². The number of benzene rings is 2. The normalized spacial score (nSPS) is 11.4. The molecule has 0 fully saturated rings. The van der Waals surface area contributed by atoms with Gasteiger partial charge in [0.2, 0.25) is 7.57 Å². The smallest absolute Gasteiger partial charge is 0.250 e. The first-order valence-electron chi connectivity index (χ1n) is 9.80. The average molecular weight is 425 g/mol. The van der Waals surface area contributed by atoms with E-state index in [0.29, 0.717) is 13.2 Å². The fourth-order valence-corrected chi connectivity index (χ4v) is 3.59. The number of aryl methyl sites for hydroxylation is 1. The molecule has 0 aliphatic rings. The zero-order valence-corrected chi connectivity index (χ0v) is 18.6. The van der Waals surface area contributed by atoms with Crippen molar-refractivity contribution in [3.63, 3.8) is 0 Å². The largest absolute Gasteiger partial charge is 0.489 e. The maximum absolute atomic E-state index is 6.00. The summed E-state index contributed by atoms with van der Waals surface area (Å²) < 4.78 is 22.1. The van der Waals surface area contributed by atoms with Crippen molar-refractivity contribution in [2.24, 2.45) is 0 Å². The SMILES string of the molecule is C=P(OC)(OC)OCc1ccc(-c2cccc(OCc3cccc(CC)c3)c2)nc1. The van der Waals surface area contributed by atoms with Gasteiger partial charge < -0.3 is 18.3 Å².